The summed E-state index contributed by atoms with van der Waals surface area (Å²) in [5.74, 6) is 0. The summed E-state index contributed by atoms with van der Waals surface area (Å²) in [6.07, 6.45) is 1.47. The maximum absolute atomic E-state index is 9.63. The summed E-state index contributed by atoms with van der Waals surface area (Å²) in [4.78, 5) is 1.20. The molecule has 1 rings (SSSR count). The predicted molar refractivity (Wildman–Crippen MR) is 56.8 cm³/mol. The van der Waals surface area contributed by atoms with Gasteiger partial charge in [-0.25, -0.2) is 0 Å². The first-order chi connectivity index (χ1) is 6.15. The minimum atomic E-state index is -0.559. The van der Waals surface area contributed by atoms with E-state index < -0.39 is 6.10 Å². The minimum Gasteiger partial charge on any atom is -0.387 e. The lowest BCUT2D eigenvalue weighted by Crippen LogP contribution is -2.24. The Morgan fingerprint density at radius 2 is 1.85 bits per heavy atom. The average Bonchev–Trinajstić information content (AvgIpc) is 2.17. The molecule has 0 aliphatic rings. The molecule has 0 spiro atoms. The smallest absolute Gasteiger partial charge is 0.0938 e. The van der Waals surface area contributed by atoms with Crippen LogP contribution < -0.4 is 5.73 Å². The Balaban J connectivity index is 2.79. The summed E-state index contributed by atoms with van der Waals surface area (Å²) in [6.45, 7) is 1.80. The van der Waals surface area contributed by atoms with Crippen molar-refractivity contribution in [2.24, 2.45) is 5.73 Å². The van der Waals surface area contributed by atoms with E-state index in [2.05, 4.69) is 0 Å². The molecule has 2 unspecified atom stereocenters. The van der Waals surface area contributed by atoms with E-state index >= 15 is 0 Å². The van der Waals surface area contributed by atoms with E-state index in [1.165, 1.54) is 4.90 Å². The fourth-order valence-corrected chi connectivity index (χ4v) is 1.51. The van der Waals surface area contributed by atoms with Crippen LogP contribution in [0.25, 0.3) is 0 Å². The zero-order valence-electron chi connectivity index (χ0n) is 7.90. The number of aliphatic hydroxyl groups is 1. The van der Waals surface area contributed by atoms with E-state index in [1.807, 2.05) is 30.5 Å². The molecule has 0 saturated carbocycles. The summed E-state index contributed by atoms with van der Waals surface area (Å²) >= 11 is 1.68. The second-order valence-corrected chi connectivity index (χ2v) is 3.96. The Morgan fingerprint density at radius 3 is 2.23 bits per heavy atom. The fourth-order valence-electron chi connectivity index (χ4n) is 1.10. The molecule has 0 fully saturated rings. The highest BCUT2D eigenvalue weighted by Crippen LogP contribution is 2.20. The van der Waals surface area contributed by atoms with Crippen molar-refractivity contribution in [2.75, 3.05) is 6.26 Å². The van der Waals surface area contributed by atoms with Gasteiger partial charge in [-0.2, -0.15) is 0 Å². The molecule has 2 atom stereocenters. The molecule has 3 N–H and O–H groups in total. The maximum atomic E-state index is 9.63. The van der Waals surface area contributed by atoms with E-state index in [-0.39, 0.29) is 6.04 Å². The summed E-state index contributed by atoms with van der Waals surface area (Å²) in [7, 11) is 0. The standard InChI is InChI=1S/C10H15NOS/c1-7(11)10(12)8-3-5-9(13-2)6-4-8/h3-7,10,12H,11H2,1-2H3. The van der Waals surface area contributed by atoms with Gasteiger partial charge < -0.3 is 10.8 Å². The number of nitrogens with two attached hydrogens (primary N) is 1. The molecule has 0 aromatic heterocycles. The topological polar surface area (TPSA) is 46.2 Å². The first-order valence-electron chi connectivity index (χ1n) is 4.22. The van der Waals surface area contributed by atoms with Gasteiger partial charge in [0.1, 0.15) is 0 Å². The van der Waals surface area contributed by atoms with E-state index in [9.17, 15) is 5.11 Å². The lowest BCUT2D eigenvalue weighted by Gasteiger charge is -2.14. The molecule has 2 nitrogen and oxygen atoms in total. The van der Waals surface area contributed by atoms with Gasteiger partial charge in [-0.05, 0) is 30.9 Å². The molecule has 1 aromatic carbocycles. The third kappa shape index (κ3) is 2.72. The molecular weight excluding hydrogens is 182 g/mol. The van der Waals surface area contributed by atoms with E-state index in [4.69, 9.17) is 5.73 Å². The lowest BCUT2D eigenvalue weighted by molar-refractivity contribution is 0.153. The molecule has 0 aliphatic heterocycles. The highest BCUT2D eigenvalue weighted by molar-refractivity contribution is 7.98. The molecule has 3 heteroatoms. The van der Waals surface area contributed by atoms with Gasteiger partial charge in [0.25, 0.3) is 0 Å². The Bertz CT molecular complexity index is 258. The second-order valence-electron chi connectivity index (χ2n) is 3.08. The van der Waals surface area contributed by atoms with Crippen LogP contribution in [0.3, 0.4) is 0 Å². The summed E-state index contributed by atoms with van der Waals surface area (Å²) in [5.41, 5.74) is 6.47. The summed E-state index contributed by atoms with van der Waals surface area (Å²) in [6, 6.07) is 7.59. The van der Waals surface area contributed by atoms with Gasteiger partial charge in [-0.1, -0.05) is 12.1 Å². The molecule has 0 saturated heterocycles. The van der Waals surface area contributed by atoms with Gasteiger partial charge in [0.05, 0.1) is 6.10 Å². The molecule has 72 valence electrons. The van der Waals surface area contributed by atoms with Crippen molar-refractivity contribution in [3.63, 3.8) is 0 Å². The van der Waals surface area contributed by atoms with Crippen LogP contribution in [-0.2, 0) is 0 Å². The number of thioether (sulfide) groups is 1. The highest BCUT2D eigenvalue weighted by Gasteiger charge is 2.11. The van der Waals surface area contributed by atoms with Crippen LogP contribution in [0, 0.1) is 0 Å². The van der Waals surface area contributed by atoms with Crippen LogP contribution in [-0.4, -0.2) is 17.4 Å². The fraction of sp³-hybridized carbons (Fsp3) is 0.400. The molecule has 0 heterocycles. The quantitative estimate of drug-likeness (QED) is 0.726. The normalized spacial score (nSPS) is 15.4. The van der Waals surface area contributed by atoms with Crippen molar-refractivity contribution in [1.29, 1.82) is 0 Å². The SMILES string of the molecule is CSc1ccc(C(O)C(C)N)cc1. The first-order valence-corrected chi connectivity index (χ1v) is 5.45. The summed E-state index contributed by atoms with van der Waals surface area (Å²) < 4.78 is 0. The first kappa shape index (κ1) is 10.6. The van der Waals surface area contributed by atoms with Gasteiger partial charge in [-0.15, -0.1) is 11.8 Å². The number of benzene rings is 1. The van der Waals surface area contributed by atoms with Crippen molar-refractivity contribution in [2.45, 2.75) is 24.0 Å². The van der Waals surface area contributed by atoms with Gasteiger partial charge in [-0.3, -0.25) is 0 Å². The molecule has 13 heavy (non-hydrogen) atoms. The molecule has 0 amide bonds. The van der Waals surface area contributed by atoms with E-state index in [1.54, 1.807) is 18.7 Å². The largest absolute Gasteiger partial charge is 0.387 e. The van der Waals surface area contributed by atoms with Gasteiger partial charge in [0, 0.05) is 10.9 Å². The zero-order chi connectivity index (χ0) is 9.84. The van der Waals surface area contributed by atoms with Gasteiger partial charge in [0.15, 0.2) is 0 Å². The molecule has 0 aliphatic carbocycles. The van der Waals surface area contributed by atoms with Crippen molar-refractivity contribution in [1.82, 2.24) is 0 Å². The molecule has 1 aromatic rings. The number of rotatable bonds is 3. The zero-order valence-corrected chi connectivity index (χ0v) is 8.71. The van der Waals surface area contributed by atoms with Gasteiger partial charge in [0.2, 0.25) is 0 Å². The minimum absolute atomic E-state index is 0.222. The molecular formula is C10H15NOS. The third-order valence-electron chi connectivity index (χ3n) is 1.96. The Hall–Kier alpha value is -0.510. The van der Waals surface area contributed by atoms with Crippen LogP contribution in [0.4, 0.5) is 0 Å². The van der Waals surface area contributed by atoms with E-state index in [0.29, 0.717) is 0 Å². The number of hydrogen-bond donors (Lipinski definition) is 2. The second kappa shape index (κ2) is 4.65. The van der Waals surface area contributed by atoms with Gasteiger partial charge >= 0.3 is 0 Å². The van der Waals surface area contributed by atoms with Crippen molar-refractivity contribution >= 4 is 11.8 Å². The summed E-state index contributed by atoms with van der Waals surface area (Å²) in [5, 5.41) is 9.63. The average molecular weight is 197 g/mol. The highest BCUT2D eigenvalue weighted by atomic mass is 32.2. The van der Waals surface area contributed by atoms with Crippen LogP contribution in [0.2, 0.25) is 0 Å². The monoisotopic (exact) mass is 197 g/mol. The lowest BCUT2D eigenvalue weighted by atomic mass is 10.0. The Morgan fingerprint density at radius 1 is 1.31 bits per heavy atom. The number of hydrogen-bond acceptors (Lipinski definition) is 3. The Labute approximate surface area is 83.1 Å². The predicted octanol–water partition coefficient (Wildman–Crippen LogP) is 1.79. The van der Waals surface area contributed by atoms with Crippen molar-refractivity contribution in [3.8, 4) is 0 Å². The van der Waals surface area contributed by atoms with Crippen LogP contribution in [0.5, 0.6) is 0 Å². The van der Waals surface area contributed by atoms with Crippen molar-refractivity contribution in [3.05, 3.63) is 29.8 Å². The third-order valence-corrected chi connectivity index (χ3v) is 2.70. The number of aliphatic hydroxyl groups excluding tert-OH is 1. The van der Waals surface area contributed by atoms with Crippen LogP contribution >= 0.6 is 11.8 Å². The van der Waals surface area contributed by atoms with Crippen LogP contribution in [0.15, 0.2) is 29.2 Å². The molecule has 0 bridgehead atoms. The maximum Gasteiger partial charge on any atom is 0.0938 e. The van der Waals surface area contributed by atoms with E-state index in [0.717, 1.165) is 5.56 Å². The van der Waals surface area contributed by atoms with Crippen LogP contribution in [0.1, 0.15) is 18.6 Å². The van der Waals surface area contributed by atoms with Crippen molar-refractivity contribution < 1.29 is 5.11 Å². The Kier molecular flexibility index (Phi) is 3.78. The molecule has 0 radical (unpaired) electrons.